The van der Waals surface area contributed by atoms with E-state index in [-0.39, 0.29) is 22.9 Å². The number of anilines is 1. The van der Waals surface area contributed by atoms with Gasteiger partial charge in [0.15, 0.2) is 20.8 Å². The minimum atomic E-state index is -3.93. The first-order valence-corrected chi connectivity index (χ1v) is 12.1. The first-order valence-electron chi connectivity index (χ1n) is 9.24. The number of sulfone groups is 1. The Hall–Kier alpha value is -2.95. The van der Waals surface area contributed by atoms with Crippen LogP contribution in [-0.2, 0) is 32.3 Å². The molecule has 0 unspecified atom stereocenters. The largest absolute Gasteiger partial charge is 0.298 e. The molecule has 11 heteroatoms. The van der Waals surface area contributed by atoms with Crippen LogP contribution in [0.4, 0.5) is 10.2 Å². The summed E-state index contributed by atoms with van der Waals surface area (Å²) in [4.78, 5) is 42.6. The molecule has 1 aliphatic rings. The topological polar surface area (TPSA) is 101 Å². The van der Waals surface area contributed by atoms with Crippen LogP contribution in [0.5, 0.6) is 0 Å². The van der Waals surface area contributed by atoms with Crippen LogP contribution in [0.2, 0.25) is 5.02 Å². The van der Waals surface area contributed by atoms with Crippen molar-refractivity contribution in [1.29, 1.82) is 0 Å². The fourth-order valence-corrected chi connectivity index (χ4v) is 5.83. The summed E-state index contributed by atoms with van der Waals surface area (Å²) in [5.74, 6) is -2.26. The first kappa shape index (κ1) is 22.3. The third kappa shape index (κ3) is 4.47. The number of hydrogen-bond donors (Lipinski definition) is 0. The lowest BCUT2D eigenvalue weighted by molar-refractivity contribution is -0.118. The molecular formula is C21H14ClFN2O5S2. The number of hydrogen-bond acceptors (Lipinski definition) is 7. The summed E-state index contributed by atoms with van der Waals surface area (Å²) in [7, 11) is -3.93. The summed E-state index contributed by atoms with van der Waals surface area (Å²) >= 11 is 6.39. The molecule has 0 spiro atoms. The van der Waals surface area contributed by atoms with Crippen molar-refractivity contribution in [2.45, 2.75) is 17.1 Å². The lowest BCUT2D eigenvalue weighted by atomic mass is 9.98. The average molecular weight is 493 g/mol. The molecule has 3 heterocycles. The van der Waals surface area contributed by atoms with Gasteiger partial charge in [-0.05, 0) is 47.5 Å². The van der Waals surface area contributed by atoms with Gasteiger partial charge in [-0.1, -0.05) is 29.0 Å². The van der Waals surface area contributed by atoms with E-state index in [0.717, 1.165) is 17.0 Å². The molecule has 7 nitrogen and oxygen atoms in total. The number of carbonyl (C=O) groups is 3. The van der Waals surface area contributed by atoms with Crippen molar-refractivity contribution in [3.8, 4) is 0 Å². The molecule has 4 rings (SSSR count). The minimum Gasteiger partial charge on any atom is -0.298 e. The fraction of sp³-hybridized carbons (Fsp3) is 0.143. The predicted molar refractivity (Wildman–Crippen MR) is 116 cm³/mol. The highest BCUT2D eigenvalue weighted by Crippen LogP contribution is 2.27. The van der Waals surface area contributed by atoms with Gasteiger partial charge in [0.2, 0.25) is 5.91 Å². The average Bonchev–Trinajstić information content (AvgIpc) is 3.16. The van der Waals surface area contributed by atoms with Crippen LogP contribution in [0.15, 0.2) is 52.9 Å². The van der Waals surface area contributed by atoms with Crippen molar-refractivity contribution in [3.63, 3.8) is 0 Å². The van der Waals surface area contributed by atoms with E-state index < -0.39 is 38.3 Å². The van der Waals surface area contributed by atoms with Gasteiger partial charge in [0.1, 0.15) is 15.8 Å². The van der Waals surface area contributed by atoms with Crippen molar-refractivity contribution in [3.05, 3.63) is 75.5 Å². The zero-order valence-corrected chi connectivity index (χ0v) is 18.6. The minimum absolute atomic E-state index is 0.00920. The number of benzene rings is 1. The number of aromatic nitrogens is 1. The molecule has 1 aliphatic heterocycles. The second kappa shape index (κ2) is 8.53. The van der Waals surface area contributed by atoms with Crippen LogP contribution in [0.3, 0.4) is 0 Å². The Bertz CT molecular complexity index is 1350. The summed E-state index contributed by atoms with van der Waals surface area (Å²) in [6.07, 6.45) is 1.08. The molecule has 164 valence electrons. The van der Waals surface area contributed by atoms with Crippen LogP contribution in [0.25, 0.3) is 0 Å². The monoisotopic (exact) mass is 492 g/mol. The molecule has 0 fully saturated rings. The maximum atomic E-state index is 13.1. The van der Waals surface area contributed by atoms with Crippen LogP contribution >= 0.6 is 22.9 Å². The molecule has 0 N–H and O–H groups in total. The zero-order valence-electron chi connectivity index (χ0n) is 16.2. The fourth-order valence-electron chi connectivity index (χ4n) is 3.30. The van der Waals surface area contributed by atoms with Crippen LogP contribution in [0, 0.1) is 5.13 Å². The van der Waals surface area contributed by atoms with E-state index in [0.29, 0.717) is 33.0 Å². The third-order valence-corrected chi connectivity index (χ3v) is 8.10. The van der Waals surface area contributed by atoms with E-state index >= 15 is 0 Å². The van der Waals surface area contributed by atoms with Gasteiger partial charge in [-0.2, -0.15) is 4.39 Å². The Labute approximate surface area is 191 Å². The SMILES string of the molecule is O=C(Cc1ccc(N2C(=O)Cc3cc(Cl)ccc3C2=O)nc1)CS(=O)(=O)c1ccc(F)s1. The van der Waals surface area contributed by atoms with Crippen LogP contribution in [-0.4, -0.2) is 36.8 Å². The normalized spacial score (nSPS) is 13.9. The Balaban J connectivity index is 1.47. The van der Waals surface area contributed by atoms with Gasteiger partial charge in [0.05, 0.1) is 6.42 Å². The number of carbonyl (C=O) groups excluding carboxylic acids is 3. The number of ketones is 1. The summed E-state index contributed by atoms with van der Waals surface area (Å²) in [6.45, 7) is 0. The molecule has 1 aromatic carbocycles. The predicted octanol–water partition coefficient (Wildman–Crippen LogP) is 3.25. The van der Waals surface area contributed by atoms with Gasteiger partial charge in [-0.3, -0.25) is 14.4 Å². The van der Waals surface area contributed by atoms with Gasteiger partial charge in [0.25, 0.3) is 5.91 Å². The number of pyridine rings is 1. The van der Waals surface area contributed by atoms with E-state index in [1.807, 2.05) is 0 Å². The molecule has 2 amide bonds. The molecule has 0 aliphatic carbocycles. The van der Waals surface area contributed by atoms with E-state index in [2.05, 4.69) is 4.98 Å². The number of Topliss-reactive ketones (excluding diaryl/α,β-unsaturated/α-hetero) is 1. The molecule has 0 radical (unpaired) electrons. The zero-order chi connectivity index (χ0) is 23.0. The molecule has 2 aromatic heterocycles. The lowest BCUT2D eigenvalue weighted by Gasteiger charge is -2.26. The van der Waals surface area contributed by atoms with Gasteiger partial charge in [-0.25, -0.2) is 18.3 Å². The number of halogens is 2. The van der Waals surface area contributed by atoms with Gasteiger partial charge >= 0.3 is 0 Å². The number of imide groups is 1. The highest BCUT2D eigenvalue weighted by atomic mass is 35.5. The van der Waals surface area contributed by atoms with Crippen molar-refractivity contribution < 1.29 is 27.2 Å². The van der Waals surface area contributed by atoms with Crippen LogP contribution < -0.4 is 4.90 Å². The molecule has 0 saturated carbocycles. The second-order valence-electron chi connectivity index (χ2n) is 7.07. The lowest BCUT2D eigenvalue weighted by Crippen LogP contribution is -2.43. The Kier molecular flexibility index (Phi) is 5.93. The molecule has 0 atom stereocenters. The highest BCUT2D eigenvalue weighted by molar-refractivity contribution is 7.94. The van der Waals surface area contributed by atoms with E-state index in [1.54, 1.807) is 18.2 Å². The van der Waals surface area contributed by atoms with Crippen LogP contribution in [0.1, 0.15) is 21.5 Å². The number of rotatable bonds is 6. The van der Waals surface area contributed by atoms with Crippen molar-refractivity contribution in [1.82, 2.24) is 4.98 Å². The third-order valence-electron chi connectivity index (χ3n) is 4.74. The maximum Gasteiger partial charge on any atom is 0.266 e. The van der Waals surface area contributed by atoms with Gasteiger partial charge in [-0.15, -0.1) is 0 Å². The smallest absolute Gasteiger partial charge is 0.266 e. The van der Waals surface area contributed by atoms with E-state index in [1.165, 1.54) is 18.3 Å². The number of nitrogens with zero attached hydrogens (tertiary/aromatic N) is 2. The Morgan fingerprint density at radius 3 is 2.59 bits per heavy atom. The van der Waals surface area contributed by atoms with Crippen molar-refractivity contribution >= 4 is 56.2 Å². The molecular weight excluding hydrogens is 479 g/mol. The molecule has 0 bridgehead atoms. The van der Waals surface area contributed by atoms with Gasteiger partial charge < -0.3 is 0 Å². The summed E-state index contributed by atoms with van der Waals surface area (Å²) in [5.41, 5.74) is 1.30. The maximum absolute atomic E-state index is 13.1. The second-order valence-corrected chi connectivity index (χ2v) is 10.8. The standard InChI is InChI=1S/C21H14ClFN2O5S2/c22-14-2-3-16-13(8-14)9-19(27)25(21(16)28)18-5-1-12(10-24-18)7-15(26)11-32(29,30)20-6-4-17(23)31-20/h1-6,8,10H,7,9,11H2. The van der Waals surface area contributed by atoms with Crippen molar-refractivity contribution in [2.75, 3.05) is 10.7 Å². The summed E-state index contributed by atoms with van der Waals surface area (Å²) in [6, 6.07) is 9.75. The highest BCUT2D eigenvalue weighted by Gasteiger charge is 2.33. The molecule has 0 saturated heterocycles. The Morgan fingerprint density at radius 1 is 1.16 bits per heavy atom. The van der Waals surface area contributed by atoms with Gasteiger partial charge in [0, 0.05) is 23.2 Å². The quantitative estimate of drug-likeness (QED) is 0.489. The number of fused-ring (bicyclic) bond motifs is 1. The number of thiophene rings is 1. The molecule has 3 aromatic rings. The van der Waals surface area contributed by atoms with Crippen molar-refractivity contribution in [2.24, 2.45) is 0 Å². The Morgan fingerprint density at radius 2 is 1.94 bits per heavy atom. The van der Waals surface area contributed by atoms with E-state index in [9.17, 15) is 27.2 Å². The summed E-state index contributed by atoms with van der Waals surface area (Å²) in [5, 5.41) is -0.223. The van der Waals surface area contributed by atoms with E-state index in [4.69, 9.17) is 11.6 Å². The summed E-state index contributed by atoms with van der Waals surface area (Å²) < 4.78 is 37.3. The number of amides is 2. The molecule has 32 heavy (non-hydrogen) atoms. The first-order chi connectivity index (χ1) is 15.1.